The summed E-state index contributed by atoms with van der Waals surface area (Å²) in [6, 6.07) is 0. The maximum Gasteiger partial charge on any atom is 0.149 e. The molecule has 0 radical (unpaired) electrons. The van der Waals surface area contributed by atoms with Gasteiger partial charge in [-0.15, -0.1) is 0 Å². The molecule has 2 heteroatoms. The second-order valence-corrected chi connectivity index (χ2v) is 3.11. The van der Waals surface area contributed by atoms with Gasteiger partial charge in [0.15, 0.2) is 0 Å². The van der Waals surface area contributed by atoms with Crippen LogP contribution in [0.1, 0.15) is 13.8 Å². The third kappa shape index (κ3) is 5.47. The molecule has 2 nitrogen and oxygen atoms in total. The van der Waals surface area contributed by atoms with Crippen LogP contribution in [0.3, 0.4) is 0 Å². The first kappa shape index (κ1) is 13.2. The molecule has 0 aliphatic carbocycles. The number of carbonyl (C=O) groups is 1. The molecule has 0 amide bonds. The lowest BCUT2D eigenvalue weighted by Crippen LogP contribution is -1.85. The molecule has 0 aromatic heterocycles. The van der Waals surface area contributed by atoms with Crippen molar-refractivity contribution in [1.29, 1.82) is 0 Å². The van der Waals surface area contributed by atoms with Crippen molar-refractivity contribution in [3.05, 3.63) is 59.9 Å². The summed E-state index contributed by atoms with van der Waals surface area (Å²) >= 11 is 0. The predicted molar refractivity (Wildman–Crippen MR) is 63.6 cm³/mol. The number of aliphatic hydroxyl groups excluding tert-OH is 1. The average molecular weight is 204 g/mol. The lowest BCUT2D eigenvalue weighted by molar-refractivity contribution is -0.104. The summed E-state index contributed by atoms with van der Waals surface area (Å²) in [5.74, 6) is -0.0321. The number of hydrogen-bond acceptors (Lipinski definition) is 2. The molecule has 0 saturated heterocycles. The van der Waals surface area contributed by atoms with Crippen molar-refractivity contribution < 1.29 is 9.90 Å². The molecule has 0 bridgehead atoms. The van der Waals surface area contributed by atoms with Gasteiger partial charge < -0.3 is 5.11 Å². The normalized spacial score (nSPS) is 12.9. The molecule has 0 atom stereocenters. The van der Waals surface area contributed by atoms with E-state index in [1.165, 1.54) is 6.08 Å². The molecular formula is C13H16O2. The second kappa shape index (κ2) is 6.60. The molecule has 0 spiro atoms. The maximum atomic E-state index is 10.6. The van der Waals surface area contributed by atoms with Crippen LogP contribution in [0.5, 0.6) is 0 Å². The van der Waals surface area contributed by atoms with Crippen molar-refractivity contribution in [1.82, 2.24) is 0 Å². The fourth-order valence-electron chi connectivity index (χ4n) is 0.864. The molecule has 0 aromatic carbocycles. The summed E-state index contributed by atoms with van der Waals surface area (Å²) in [4.78, 5) is 10.6. The SMILES string of the molecule is C=C(O)\C=C/C(=C/C(C=O)=C\C)C(=C)C. The monoisotopic (exact) mass is 204 g/mol. The van der Waals surface area contributed by atoms with Crippen LogP contribution in [0.15, 0.2) is 59.9 Å². The molecule has 0 aliphatic heterocycles. The molecule has 0 saturated carbocycles. The topological polar surface area (TPSA) is 37.3 Å². The van der Waals surface area contributed by atoms with Crippen molar-refractivity contribution in [3.63, 3.8) is 0 Å². The Morgan fingerprint density at radius 1 is 1.27 bits per heavy atom. The van der Waals surface area contributed by atoms with E-state index in [4.69, 9.17) is 5.11 Å². The minimum atomic E-state index is -0.0321. The van der Waals surface area contributed by atoms with Gasteiger partial charge in [0, 0.05) is 5.57 Å². The maximum absolute atomic E-state index is 10.6. The van der Waals surface area contributed by atoms with Gasteiger partial charge in [-0.25, -0.2) is 0 Å². The number of carbonyl (C=O) groups excluding carboxylic acids is 1. The first-order chi connectivity index (χ1) is 7.01. The van der Waals surface area contributed by atoms with Gasteiger partial charge >= 0.3 is 0 Å². The van der Waals surface area contributed by atoms with Crippen LogP contribution in [0, 0.1) is 0 Å². The van der Waals surface area contributed by atoms with Crippen LogP contribution >= 0.6 is 0 Å². The van der Waals surface area contributed by atoms with E-state index in [1.54, 1.807) is 25.2 Å². The zero-order chi connectivity index (χ0) is 11.8. The Balaban J connectivity index is 5.06. The fourth-order valence-corrected chi connectivity index (χ4v) is 0.864. The first-order valence-electron chi connectivity index (χ1n) is 4.56. The Morgan fingerprint density at radius 3 is 2.20 bits per heavy atom. The van der Waals surface area contributed by atoms with Gasteiger partial charge in [-0.2, -0.15) is 0 Å². The lowest BCUT2D eigenvalue weighted by Gasteiger charge is -2.00. The van der Waals surface area contributed by atoms with Crippen molar-refractivity contribution in [2.45, 2.75) is 13.8 Å². The van der Waals surface area contributed by atoms with Gasteiger partial charge in [0.05, 0.1) is 0 Å². The van der Waals surface area contributed by atoms with Crippen LogP contribution in [-0.2, 0) is 4.79 Å². The van der Waals surface area contributed by atoms with Gasteiger partial charge in [0.25, 0.3) is 0 Å². The van der Waals surface area contributed by atoms with Crippen LogP contribution < -0.4 is 0 Å². The summed E-state index contributed by atoms with van der Waals surface area (Å²) < 4.78 is 0. The third-order valence-corrected chi connectivity index (χ3v) is 1.74. The highest BCUT2D eigenvalue weighted by Crippen LogP contribution is 2.12. The molecule has 0 unspecified atom stereocenters. The van der Waals surface area contributed by atoms with Crippen LogP contribution in [-0.4, -0.2) is 11.4 Å². The van der Waals surface area contributed by atoms with E-state index >= 15 is 0 Å². The molecule has 0 heterocycles. The summed E-state index contributed by atoms with van der Waals surface area (Å²) in [5.41, 5.74) is 2.17. The number of aldehydes is 1. The van der Waals surface area contributed by atoms with Crippen molar-refractivity contribution in [3.8, 4) is 0 Å². The van der Waals surface area contributed by atoms with Gasteiger partial charge in [0.2, 0.25) is 0 Å². The molecule has 0 fully saturated rings. The average Bonchev–Trinajstić information content (AvgIpc) is 2.17. The van der Waals surface area contributed by atoms with Crippen molar-refractivity contribution in [2.24, 2.45) is 0 Å². The van der Waals surface area contributed by atoms with Crippen molar-refractivity contribution >= 4 is 6.29 Å². The van der Waals surface area contributed by atoms with E-state index in [0.29, 0.717) is 5.57 Å². The van der Waals surface area contributed by atoms with Gasteiger partial charge in [0.1, 0.15) is 12.0 Å². The Morgan fingerprint density at radius 2 is 1.87 bits per heavy atom. The van der Waals surface area contributed by atoms with E-state index in [1.807, 2.05) is 6.92 Å². The third-order valence-electron chi connectivity index (χ3n) is 1.74. The Kier molecular flexibility index (Phi) is 5.79. The highest BCUT2D eigenvalue weighted by atomic mass is 16.3. The number of aliphatic hydroxyl groups is 1. The summed E-state index contributed by atoms with van der Waals surface area (Å²) in [5, 5.41) is 8.91. The van der Waals surface area contributed by atoms with Gasteiger partial charge in [-0.05, 0) is 31.6 Å². The quantitative estimate of drug-likeness (QED) is 0.323. The van der Waals surface area contributed by atoms with E-state index in [2.05, 4.69) is 13.2 Å². The lowest BCUT2D eigenvalue weighted by atomic mass is 10.1. The molecular weight excluding hydrogens is 188 g/mol. The Hall–Kier alpha value is -1.83. The minimum absolute atomic E-state index is 0.0321. The molecule has 15 heavy (non-hydrogen) atoms. The molecule has 1 N–H and O–H groups in total. The fraction of sp³-hybridized carbons (Fsp3) is 0.154. The Labute approximate surface area is 90.6 Å². The summed E-state index contributed by atoms with van der Waals surface area (Å²) in [6.45, 7) is 10.7. The second-order valence-electron chi connectivity index (χ2n) is 3.11. The predicted octanol–water partition coefficient (Wildman–Crippen LogP) is 3.26. The summed E-state index contributed by atoms with van der Waals surface area (Å²) in [7, 11) is 0. The smallest absolute Gasteiger partial charge is 0.149 e. The molecule has 0 aliphatic rings. The Bertz CT molecular complexity index is 355. The van der Waals surface area contributed by atoms with E-state index in [-0.39, 0.29) is 5.76 Å². The van der Waals surface area contributed by atoms with E-state index < -0.39 is 0 Å². The first-order valence-corrected chi connectivity index (χ1v) is 4.56. The molecule has 80 valence electrons. The van der Waals surface area contributed by atoms with Gasteiger partial charge in [-0.1, -0.05) is 30.9 Å². The number of hydrogen-bond donors (Lipinski definition) is 1. The largest absolute Gasteiger partial charge is 0.509 e. The highest BCUT2D eigenvalue weighted by Gasteiger charge is 1.95. The standard InChI is InChI=1S/C13H16O2/c1-5-12(9-14)8-13(10(2)3)7-6-11(4)15/h5-9,15H,2,4H2,1,3H3/b7-6-,12-5+,13-8-. The van der Waals surface area contributed by atoms with Crippen LogP contribution in [0.2, 0.25) is 0 Å². The summed E-state index contributed by atoms with van der Waals surface area (Å²) in [6.07, 6.45) is 7.30. The number of rotatable bonds is 5. The van der Waals surface area contributed by atoms with E-state index in [0.717, 1.165) is 17.4 Å². The van der Waals surface area contributed by atoms with Crippen LogP contribution in [0.25, 0.3) is 0 Å². The zero-order valence-corrected chi connectivity index (χ0v) is 9.16. The minimum Gasteiger partial charge on any atom is -0.509 e. The number of allylic oxidation sites excluding steroid dienone is 7. The highest BCUT2D eigenvalue weighted by molar-refractivity contribution is 5.78. The zero-order valence-electron chi connectivity index (χ0n) is 9.16. The van der Waals surface area contributed by atoms with E-state index in [9.17, 15) is 4.79 Å². The van der Waals surface area contributed by atoms with Crippen LogP contribution in [0.4, 0.5) is 0 Å². The van der Waals surface area contributed by atoms with Gasteiger partial charge in [-0.3, -0.25) is 4.79 Å². The molecule has 0 rings (SSSR count). The molecule has 0 aromatic rings. The van der Waals surface area contributed by atoms with Crippen molar-refractivity contribution in [2.75, 3.05) is 0 Å².